The molecule has 138 valence electrons. The van der Waals surface area contributed by atoms with Crippen LogP contribution in [0.15, 0.2) is 28.8 Å². The fourth-order valence-corrected chi connectivity index (χ4v) is 3.05. The van der Waals surface area contributed by atoms with Crippen molar-refractivity contribution in [1.29, 1.82) is 0 Å². The molecule has 0 bridgehead atoms. The maximum atomic E-state index is 13.0. The Balaban J connectivity index is 1.69. The molecule has 0 spiro atoms. The van der Waals surface area contributed by atoms with Gasteiger partial charge in [-0.2, -0.15) is 4.98 Å². The lowest BCUT2D eigenvalue weighted by atomic mass is 10.1. The summed E-state index contributed by atoms with van der Waals surface area (Å²) in [6.45, 7) is 4.73. The molecule has 1 saturated heterocycles. The first-order chi connectivity index (χ1) is 12.6. The summed E-state index contributed by atoms with van der Waals surface area (Å²) in [6.07, 6.45) is 1.40. The molecular weight excluding hydrogens is 336 g/mol. The summed E-state index contributed by atoms with van der Waals surface area (Å²) in [4.78, 5) is 31.2. The minimum Gasteiger partial charge on any atom is -0.493 e. The molecule has 2 heterocycles. The van der Waals surface area contributed by atoms with E-state index in [1.807, 2.05) is 13.0 Å². The average molecular weight is 358 g/mol. The number of likely N-dealkylation sites (tertiary alicyclic amines) is 1. The maximum absolute atomic E-state index is 13.0. The van der Waals surface area contributed by atoms with Crippen molar-refractivity contribution in [2.45, 2.75) is 39.3 Å². The Bertz CT molecular complexity index is 789. The molecule has 26 heavy (non-hydrogen) atoms. The Morgan fingerprint density at radius 2 is 2.19 bits per heavy atom. The summed E-state index contributed by atoms with van der Waals surface area (Å²) in [6, 6.07) is 6.59. The van der Waals surface area contributed by atoms with Gasteiger partial charge in [-0.05, 0) is 38.8 Å². The number of nitrogens with zero attached hydrogens (tertiary/aromatic N) is 3. The van der Waals surface area contributed by atoms with E-state index in [2.05, 4.69) is 15.5 Å². The van der Waals surface area contributed by atoms with E-state index >= 15 is 0 Å². The lowest BCUT2D eigenvalue weighted by Gasteiger charge is -2.24. The van der Waals surface area contributed by atoms with Crippen LogP contribution in [0.2, 0.25) is 0 Å². The largest absolute Gasteiger partial charge is 0.493 e. The third kappa shape index (κ3) is 3.84. The summed E-state index contributed by atoms with van der Waals surface area (Å²) in [5, 5.41) is 6.46. The Hall–Kier alpha value is -2.90. The molecule has 0 aliphatic carbocycles. The standard InChI is InChI=1S/C18H22N4O4/c1-3-25-15-9-5-4-7-13(15)18(24)22-10-6-8-14(22)17(23)19-11-16-20-12(2)21-26-16/h4-5,7,9,14H,3,6,8,10-11H2,1-2H3,(H,19,23). The van der Waals surface area contributed by atoms with Crippen LogP contribution in [-0.4, -0.2) is 46.0 Å². The molecular formula is C18H22N4O4. The van der Waals surface area contributed by atoms with Crippen molar-refractivity contribution < 1.29 is 18.8 Å². The number of aromatic nitrogens is 2. The minimum absolute atomic E-state index is 0.147. The van der Waals surface area contributed by atoms with E-state index in [0.29, 0.717) is 42.6 Å². The van der Waals surface area contributed by atoms with Crippen LogP contribution in [0.1, 0.15) is 41.8 Å². The number of para-hydroxylation sites is 1. The minimum atomic E-state index is -0.513. The van der Waals surface area contributed by atoms with Crippen LogP contribution in [-0.2, 0) is 11.3 Å². The van der Waals surface area contributed by atoms with Gasteiger partial charge < -0.3 is 19.5 Å². The summed E-state index contributed by atoms with van der Waals surface area (Å²) >= 11 is 0. The van der Waals surface area contributed by atoms with Crippen LogP contribution < -0.4 is 10.1 Å². The van der Waals surface area contributed by atoms with Gasteiger partial charge in [0.2, 0.25) is 11.8 Å². The van der Waals surface area contributed by atoms with E-state index in [0.717, 1.165) is 6.42 Å². The third-order valence-corrected chi connectivity index (χ3v) is 4.22. The highest BCUT2D eigenvalue weighted by Gasteiger charge is 2.35. The number of rotatable bonds is 6. The van der Waals surface area contributed by atoms with Gasteiger partial charge in [-0.1, -0.05) is 17.3 Å². The van der Waals surface area contributed by atoms with Crippen LogP contribution in [0.25, 0.3) is 0 Å². The fourth-order valence-electron chi connectivity index (χ4n) is 3.05. The summed E-state index contributed by atoms with van der Waals surface area (Å²) in [7, 11) is 0. The van der Waals surface area contributed by atoms with Gasteiger partial charge in [-0.15, -0.1) is 0 Å². The number of carbonyl (C=O) groups excluding carboxylic acids is 2. The predicted molar refractivity (Wildman–Crippen MR) is 92.6 cm³/mol. The van der Waals surface area contributed by atoms with Gasteiger partial charge in [0.1, 0.15) is 11.8 Å². The number of hydrogen-bond acceptors (Lipinski definition) is 6. The van der Waals surface area contributed by atoms with Crippen LogP contribution in [0, 0.1) is 6.92 Å². The lowest BCUT2D eigenvalue weighted by molar-refractivity contribution is -0.125. The van der Waals surface area contributed by atoms with Crippen molar-refractivity contribution in [1.82, 2.24) is 20.4 Å². The highest BCUT2D eigenvalue weighted by atomic mass is 16.5. The van der Waals surface area contributed by atoms with E-state index < -0.39 is 6.04 Å². The molecule has 1 aromatic heterocycles. The number of nitrogens with one attached hydrogen (secondary N) is 1. The van der Waals surface area contributed by atoms with Gasteiger partial charge in [0.25, 0.3) is 5.91 Å². The normalized spacial score (nSPS) is 16.5. The van der Waals surface area contributed by atoms with E-state index in [4.69, 9.17) is 9.26 Å². The Morgan fingerprint density at radius 1 is 1.38 bits per heavy atom. The van der Waals surface area contributed by atoms with Crippen molar-refractivity contribution in [2.75, 3.05) is 13.2 Å². The summed E-state index contributed by atoms with van der Waals surface area (Å²) in [5.74, 6) is 0.973. The molecule has 1 aromatic carbocycles. The van der Waals surface area contributed by atoms with E-state index in [9.17, 15) is 9.59 Å². The SMILES string of the molecule is CCOc1ccccc1C(=O)N1CCCC1C(=O)NCc1nc(C)no1. The number of aryl methyl sites for hydroxylation is 1. The van der Waals surface area contributed by atoms with Crippen molar-refractivity contribution >= 4 is 11.8 Å². The predicted octanol–water partition coefficient (Wildman–Crippen LogP) is 1.70. The zero-order chi connectivity index (χ0) is 18.5. The Kier molecular flexibility index (Phi) is 5.50. The molecule has 1 unspecified atom stereocenters. The topological polar surface area (TPSA) is 97.6 Å². The first-order valence-electron chi connectivity index (χ1n) is 8.70. The van der Waals surface area contributed by atoms with Crippen LogP contribution >= 0.6 is 0 Å². The first kappa shape index (κ1) is 17.9. The third-order valence-electron chi connectivity index (χ3n) is 4.22. The monoisotopic (exact) mass is 358 g/mol. The zero-order valence-corrected chi connectivity index (χ0v) is 14.9. The van der Waals surface area contributed by atoms with E-state index in [1.54, 1.807) is 30.0 Å². The first-order valence-corrected chi connectivity index (χ1v) is 8.70. The zero-order valence-electron chi connectivity index (χ0n) is 14.9. The Labute approximate surface area is 151 Å². The van der Waals surface area contributed by atoms with Gasteiger partial charge >= 0.3 is 0 Å². The van der Waals surface area contributed by atoms with Crippen LogP contribution in [0.3, 0.4) is 0 Å². The van der Waals surface area contributed by atoms with Crippen molar-refractivity contribution in [3.05, 3.63) is 41.5 Å². The molecule has 1 atom stereocenters. The maximum Gasteiger partial charge on any atom is 0.258 e. The average Bonchev–Trinajstić information content (AvgIpc) is 3.29. The van der Waals surface area contributed by atoms with Crippen molar-refractivity contribution in [3.63, 3.8) is 0 Å². The number of hydrogen-bond donors (Lipinski definition) is 1. The highest BCUT2D eigenvalue weighted by molar-refractivity contribution is 6.00. The quantitative estimate of drug-likeness (QED) is 0.844. The second-order valence-corrected chi connectivity index (χ2v) is 6.04. The smallest absolute Gasteiger partial charge is 0.258 e. The van der Waals surface area contributed by atoms with Gasteiger partial charge in [-0.3, -0.25) is 9.59 Å². The summed E-state index contributed by atoms with van der Waals surface area (Å²) < 4.78 is 10.5. The molecule has 1 aliphatic heterocycles. The van der Waals surface area contributed by atoms with Crippen molar-refractivity contribution in [3.8, 4) is 5.75 Å². The van der Waals surface area contributed by atoms with Crippen molar-refractivity contribution in [2.24, 2.45) is 0 Å². The lowest BCUT2D eigenvalue weighted by Crippen LogP contribution is -2.45. The molecule has 3 rings (SSSR count). The molecule has 1 fully saturated rings. The van der Waals surface area contributed by atoms with E-state index in [1.165, 1.54) is 0 Å². The summed E-state index contributed by atoms with van der Waals surface area (Å²) in [5.41, 5.74) is 0.474. The molecule has 2 amide bonds. The van der Waals surface area contributed by atoms with E-state index in [-0.39, 0.29) is 18.4 Å². The number of benzene rings is 1. The number of amides is 2. The fraction of sp³-hybridized carbons (Fsp3) is 0.444. The second-order valence-electron chi connectivity index (χ2n) is 6.04. The van der Waals surface area contributed by atoms with Gasteiger partial charge in [0.05, 0.1) is 18.7 Å². The molecule has 0 saturated carbocycles. The molecule has 8 nitrogen and oxygen atoms in total. The van der Waals surface area contributed by atoms with Crippen LogP contribution in [0.4, 0.5) is 0 Å². The van der Waals surface area contributed by atoms with Gasteiger partial charge in [0, 0.05) is 6.54 Å². The molecule has 8 heteroatoms. The molecule has 1 aliphatic rings. The molecule has 2 aromatic rings. The second kappa shape index (κ2) is 7.99. The number of carbonyl (C=O) groups is 2. The Morgan fingerprint density at radius 3 is 2.92 bits per heavy atom. The van der Waals surface area contributed by atoms with Gasteiger partial charge in [-0.25, -0.2) is 0 Å². The molecule has 0 radical (unpaired) electrons. The van der Waals surface area contributed by atoms with Gasteiger partial charge in [0.15, 0.2) is 5.82 Å². The van der Waals surface area contributed by atoms with Crippen LogP contribution in [0.5, 0.6) is 5.75 Å². The molecule has 1 N–H and O–H groups in total. The highest BCUT2D eigenvalue weighted by Crippen LogP contribution is 2.25. The number of ether oxygens (including phenoxy) is 1.